The summed E-state index contributed by atoms with van der Waals surface area (Å²) in [5.74, 6) is -0.283. The third kappa shape index (κ3) is 5.05. The Bertz CT molecular complexity index is 633. The predicted octanol–water partition coefficient (Wildman–Crippen LogP) is 2.96. The summed E-state index contributed by atoms with van der Waals surface area (Å²) < 4.78 is 1.02. The molecule has 1 aliphatic rings. The summed E-state index contributed by atoms with van der Waals surface area (Å²) in [5, 5.41) is 2.99. The van der Waals surface area contributed by atoms with Crippen LogP contribution in [0.2, 0.25) is 0 Å². The number of rotatable bonds is 7. The van der Waals surface area contributed by atoms with E-state index in [1.807, 2.05) is 25.1 Å². The molecule has 1 N–H and O–H groups in total. The number of nitrogens with zero attached hydrogens (tertiary/aromatic N) is 2. The highest BCUT2D eigenvalue weighted by atomic mass is 79.9. The average Bonchev–Trinajstić information content (AvgIpc) is 2.95. The lowest BCUT2D eigenvalue weighted by molar-refractivity contribution is -0.126. The molecule has 0 aromatic heterocycles. The van der Waals surface area contributed by atoms with Crippen LogP contribution in [-0.4, -0.2) is 48.9 Å². The van der Waals surface area contributed by atoms with Gasteiger partial charge in [0.05, 0.1) is 5.92 Å². The lowest BCUT2D eigenvalue weighted by atomic mass is 10.1. The summed E-state index contributed by atoms with van der Waals surface area (Å²) >= 11 is 3.47. The van der Waals surface area contributed by atoms with Gasteiger partial charge < -0.3 is 10.2 Å². The second kappa shape index (κ2) is 8.81. The van der Waals surface area contributed by atoms with Crippen molar-refractivity contribution in [1.29, 1.82) is 0 Å². The van der Waals surface area contributed by atoms with Crippen LogP contribution in [0.15, 0.2) is 22.7 Å². The van der Waals surface area contributed by atoms with E-state index in [1.54, 1.807) is 4.90 Å². The second-order valence-electron chi connectivity index (χ2n) is 6.85. The molecule has 138 valence electrons. The first-order valence-electron chi connectivity index (χ1n) is 8.91. The number of hydrogen-bond donors (Lipinski definition) is 1. The molecule has 1 atom stereocenters. The van der Waals surface area contributed by atoms with Gasteiger partial charge in [0.25, 0.3) is 0 Å². The van der Waals surface area contributed by atoms with Gasteiger partial charge in [-0.2, -0.15) is 0 Å². The zero-order valence-corrected chi connectivity index (χ0v) is 17.1. The molecule has 1 aromatic carbocycles. The fraction of sp³-hybridized carbons (Fsp3) is 0.579. The Labute approximate surface area is 158 Å². The van der Waals surface area contributed by atoms with E-state index in [1.165, 1.54) is 0 Å². The molecule has 0 saturated carbocycles. The van der Waals surface area contributed by atoms with Gasteiger partial charge in [-0.1, -0.05) is 22.9 Å². The van der Waals surface area contributed by atoms with Crippen LogP contribution in [-0.2, 0) is 9.59 Å². The summed E-state index contributed by atoms with van der Waals surface area (Å²) in [6, 6.07) is 6.29. The number of nitrogens with one attached hydrogen (secondary N) is 1. The molecule has 5 nitrogen and oxygen atoms in total. The fourth-order valence-corrected chi connectivity index (χ4v) is 3.42. The third-order valence-corrected chi connectivity index (χ3v) is 5.67. The molecule has 2 rings (SSSR count). The highest BCUT2D eigenvalue weighted by Gasteiger charge is 2.35. The van der Waals surface area contributed by atoms with Crippen LogP contribution in [0.3, 0.4) is 0 Å². The summed E-state index contributed by atoms with van der Waals surface area (Å²) in [4.78, 5) is 28.8. The van der Waals surface area contributed by atoms with E-state index in [0.29, 0.717) is 19.1 Å². The van der Waals surface area contributed by atoms with Crippen LogP contribution in [0.4, 0.5) is 5.69 Å². The van der Waals surface area contributed by atoms with Gasteiger partial charge in [0, 0.05) is 42.3 Å². The number of amides is 2. The standard InChI is InChI=1S/C19H28BrN3O2/c1-5-22(13(2)3)9-8-21-19(25)15-11-18(24)23(12-15)16-6-7-17(20)14(4)10-16/h6-7,10,13,15H,5,8-9,11-12H2,1-4H3,(H,21,25). The number of hydrogen-bond acceptors (Lipinski definition) is 3. The van der Waals surface area contributed by atoms with Gasteiger partial charge in [0.2, 0.25) is 11.8 Å². The zero-order valence-electron chi connectivity index (χ0n) is 15.5. The molecule has 1 heterocycles. The van der Waals surface area contributed by atoms with Crippen molar-refractivity contribution in [3.8, 4) is 0 Å². The number of aryl methyl sites for hydroxylation is 1. The highest BCUT2D eigenvalue weighted by Crippen LogP contribution is 2.28. The lowest BCUT2D eigenvalue weighted by Gasteiger charge is -2.25. The van der Waals surface area contributed by atoms with Crippen molar-refractivity contribution in [3.63, 3.8) is 0 Å². The van der Waals surface area contributed by atoms with E-state index in [0.717, 1.165) is 28.8 Å². The van der Waals surface area contributed by atoms with Crippen molar-refractivity contribution >= 4 is 33.4 Å². The van der Waals surface area contributed by atoms with E-state index < -0.39 is 0 Å². The van der Waals surface area contributed by atoms with E-state index >= 15 is 0 Å². The minimum atomic E-state index is -0.273. The Balaban J connectivity index is 1.90. The van der Waals surface area contributed by atoms with Crippen LogP contribution in [0.1, 0.15) is 32.8 Å². The number of carbonyl (C=O) groups excluding carboxylic acids is 2. The molecule has 1 aliphatic heterocycles. The number of benzene rings is 1. The van der Waals surface area contributed by atoms with Gasteiger partial charge in [-0.3, -0.25) is 14.5 Å². The number of carbonyl (C=O) groups is 2. The van der Waals surface area contributed by atoms with Gasteiger partial charge in [0.15, 0.2) is 0 Å². The third-order valence-electron chi connectivity index (χ3n) is 4.78. The van der Waals surface area contributed by atoms with Crippen LogP contribution in [0.5, 0.6) is 0 Å². The predicted molar refractivity (Wildman–Crippen MR) is 105 cm³/mol. The van der Waals surface area contributed by atoms with E-state index in [-0.39, 0.29) is 24.2 Å². The molecule has 1 unspecified atom stereocenters. The average molecular weight is 410 g/mol. The Morgan fingerprint density at radius 2 is 2.16 bits per heavy atom. The van der Waals surface area contributed by atoms with Crippen molar-refractivity contribution in [1.82, 2.24) is 10.2 Å². The first-order chi connectivity index (χ1) is 11.8. The van der Waals surface area contributed by atoms with E-state index in [4.69, 9.17) is 0 Å². The maximum atomic E-state index is 12.4. The molecular weight excluding hydrogens is 382 g/mol. The molecule has 1 saturated heterocycles. The molecular formula is C19H28BrN3O2. The lowest BCUT2D eigenvalue weighted by Crippen LogP contribution is -2.40. The maximum Gasteiger partial charge on any atom is 0.227 e. The topological polar surface area (TPSA) is 52.7 Å². The molecule has 0 radical (unpaired) electrons. The van der Waals surface area contributed by atoms with Gasteiger partial charge in [0.1, 0.15) is 0 Å². The molecule has 1 aromatic rings. The SMILES string of the molecule is CCN(CCNC(=O)C1CC(=O)N(c2ccc(Br)c(C)c2)C1)C(C)C. The van der Waals surface area contributed by atoms with Crippen molar-refractivity contribution < 1.29 is 9.59 Å². The number of likely N-dealkylation sites (N-methyl/N-ethyl adjacent to an activating group) is 1. The second-order valence-corrected chi connectivity index (χ2v) is 7.71. The van der Waals surface area contributed by atoms with Crippen molar-refractivity contribution in [2.45, 2.75) is 40.2 Å². The molecule has 6 heteroatoms. The Morgan fingerprint density at radius 3 is 2.76 bits per heavy atom. The normalized spacial score (nSPS) is 17.6. The Kier molecular flexibility index (Phi) is 7.02. The van der Waals surface area contributed by atoms with Crippen molar-refractivity contribution in [2.24, 2.45) is 5.92 Å². The quantitative estimate of drug-likeness (QED) is 0.752. The summed E-state index contributed by atoms with van der Waals surface area (Å²) in [6.45, 7) is 11.3. The van der Waals surface area contributed by atoms with Crippen molar-refractivity contribution in [2.75, 3.05) is 31.1 Å². The largest absolute Gasteiger partial charge is 0.355 e. The van der Waals surface area contributed by atoms with Gasteiger partial charge in [-0.05, 0) is 51.1 Å². The summed E-state index contributed by atoms with van der Waals surface area (Å²) in [5.41, 5.74) is 1.93. The zero-order chi connectivity index (χ0) is 18.6. The summed E-state index contributed by atoms with van der Waals surface area (Å²) in [7, 11) is 0. The van der Waals surface area contributed by atoms with Crippen LogP contribution in [0.25, 0.3) is 0 Å². The van der Waals surface area contributed by atoms with E-state index in [2.05, 4.69) is 46.9 Å². The van der Waals surface area contributed by atoms with Crippen LogP contribution >= 0.6 is 15.9 Å². The fourth-order valence-electron chi connectivity index (χ4n) is 3.18. The van der Waals surface area contributed by atoms with Crippen LogP contribution in [0, 0.1) is 12.8 Å². The minimum Gasteiger partial charge on any atom is -0.355 e. The minimum absolute atomic E-state index is 0.0132. The van der Waals surface area contributed by atoms with E-state index in [9.17, 15) is 9.59 Å². The molecule has 25 heavy (non-hydrogen) atoms. The van der Waals surface area contributed by atoms with Gasteiger partial charge >= 0.3 is 0 Å². The maximum absolute atomic E-state index is 12.4. The Hall–Kier alpha value is -1.40. The summed E-state index contributed by atoms with van der Waals surface area (Å²) in [6.07, 6.45) is 0.280. The number of anilines is 1. The number of halogens is 1. The monoisotopic (exact) mass is 409 g/mol. The molecule has 2 amide bonds. The molecule has 0 bridgehead atoms. The van der Waals surface area contributed by atoms with Crippen molar-refractivity contribution in [3.05, 3.63) is 28.2 Å². The first-order valence-corrected chi connectivity index (χ1v) is 9.71. The van der Waals surface area contributed by atoms with Gasteiger partial charge in [-0.15, -0.1) is 0 Å². The van der Waals surface area contributed by atoms with Crippen LogP contribution < -0.4 is 10.2 Å². The highest BCUT2D eigenvalue weighted by molar-refractivity contribution is 9.10. The first kappa shape index (κ1) is 19.9. The Morgan fingerprint density at radius 1 is 1.44 bits per heavy atom. The molecule has 1 fully saturated rings. The molecule has 0 aliphatic carbocycles. The molecule has 0 spiro atoms. The van der Waals surface area contributed by atoms with Gasteiger partial charge in [-0.25, -0.2) is 0 Å². The smallest absolute Gasteiger partial charge is 0.227 e.